The van der Waals surface area contributed by atoms with E-state index in [0.29, 0.717) is 4.90 Å². The molecule has 0 aromatic heterocycles. The second kappa shape index (κ2) is 5.63. The number of hydrogen-bond donors (Lipinski definition) is 0. The number of benzene rings is 1. The second-order valence-electron chi connectivity index (χ2n) is 5.54. The molecular formula is C15H22O3S. The van der Waals surface area contributed by atoms with Gasteiger partial charge >= 0.3 is 0 Å². The second-order valence-corrected chi connectivity index (χ2v) is 7.05. The lowest BCUT2D eigenvalue weighted by molar-refractivity contribution is 0.162. The van der Waals surface area contributed by atoms with Gasteiger partial charge in [0.1, 0.15) is 0 Å². The van der Waals surface area contributed by atoms with E-state index in [1.807, 2.05) is 32.9 Å². The van der Waals surface area contributed by atoms with Crippen LogP contribution in [0.3, 0.4) is 0 Å². The van der Waals surface area contributed by atoms with Gasteiger partial charge < -0.3 is 0 Å². The summed E-state index contributed by atoms with van der Waals surface area (Å²) in [5.41, 5.74) is 2.62. The first-order valence-electron chi connectivity index (χ1n) is 6.91. The Bertz CT molecular complexity index is 532. The zero-order valence-electron chi connectivity index (χ0n) is 11.9. The maximum atomic E-state index is 12.4. The van der Waals surface area contributed by atoms with E-state index < -0.39 is 10.1 Å². The molecule has 0 radical (unpaired) electrons. The molecule has 1 fully saturated rings. The highest BCUT2D eigenvalue weighted by Gasteiger charge is 2.26. The Morgan fingerprint density at radius 2 is 1.53 bits per heavy atom. The van der Waals surface area contributed by atoms with Gasteiger partial charge in [0.2, 0.25) is 0 Å². The Kier molecular flexibility index (Phi) is 4.31. The summed E-state index contributed by atoms with van der Waals surface area (Å²) < 4.78 is 30.3. The summed E-state index contributed by atoms with van der Waals surface area (Å²) >= 11 is 0. The molecule has 1 aliphatic carbocycles. The molecular weight excluding hydrogens is 260 g/mol. The third-order valence-corrected chi connectivity index (χ3v) is 5.34. The van der Waals surface area contributed by atoms with E-state index in [1.54, 1.807) is 0 Å². The molecule has 0 heterocycles. The zero-order valence-corrected chi connectivity index (χ0v) is 12.7. The summed E-state index contributed by atoms with van der Waals surface area (Å²) in [5, 5.41) is 0. The summed E-state index contributed by atoms with van der Waals surface area (Å²) in [6.45, 7) is 5.63. The van der Waals surface area contributed by atoms with Gasteiger partial charge in [-0.15, -0.1) is 0 Å². The van der Waals surface area contributed by atoms with Crippen LogP contribution in [-0.2, 0) is 14.3 Å². The van der Waals surface area contributed by atoms with Gasteiger partial charge in [0.25, 0.3) is 10.1 Å². The Hall–Kier alpha value is -0.870. The third kappa shape index (κ3) is 3.37. The standard InChI is InChI=1S/C15H22O3S/c1-11-9-12(2)15(13(3)10-11)19(16,17)18-14-7-5-4-6-8-14/h9-10,14H,4-8H2,1-3H3. The van der Waals surface area contributed by atoms with Crippen LogP contribution < -0.4 is 0 Å². The Balaban J connectivity index is 2.29. The lowest BCUT2D eigenvalue weighted by Gasteiger charge is -2.22. The highest BCUT2D eigenvalue weighted by Crippen LogP contribution is 2.28. The highest BCUT2D eigenvalue weighted by molar-refractivity contribution is 7.86. The van der Waals surface area contributed by atoms with Crippen LogP contribution in [0.15, 0.2) is 17.0 Å². The molecule has 0 N–H and O–H groups in total. The number of hydrogen-bond acceptors (Lipinski definition) is 3. The van der Waals surface area contributed by atoms with E-state index in [2.05, 4.69) is 0 Å². The minimum atomic E-state index is -3.64. The average molecular weight is 282 g/mol. The molecule has 3 nitrogen and oxygen atoms in total. The topological polar surface area (TPSA) is 43.4 Å². The van der Waals surface area contributed by atoms with E-state index in [1.165, 1.54) is 6.42 Å². The van der Waals surface area contributed by atoms with Gasteiger partial charge in [-0.05, 0) is 44.7 Å². The van der Waals surface area contributed by atoms with Crippen molar-refractivity contribution in [2.75, 3.05) is 0 Å². The fraction of sp³-hybridized carbons (Fsp3) is 0.600. The molecule has 4 heteroatoms. The van der Waals surface area contributed by atoms with Crippen molar-refractivity contribution in [3.8, 4) is 0 Å². The first-order chi connectivity index (χ1) is 8.90. The average Bonchev–Trinajstić information content (AvgIpc) is 2.27. The van der Waals surface area contributed by atoms with E-state index >= 15 is 0 Å². The fourth-order valence-electron chi connectivity index (χ4n) is 2.95. The van der Waals surface area contributed by atoms with Crippen molar-refractivity contribution >= 4 is 10.1 Å². The summed E-state index contributed by atoms with van der Waals surface area (Å²) in [6, 6.07) is 3.79. The number of rotatable bonds is 3. The third-order valence-electron chi connectivity index (χ3n) is 3.67. The molecule has 2 rings (SSSR count). The maximum Gasteiger partial charge on any atom is 0.297 e. The molecule has 1 aromatic rings. The van der Waals surface area contributed by atoms with Gasteiger partial charge in [-0.1, -0.05) is 37.0 Å². The minimum absolute atomic E-state index is 0.140. The Morgan fingerprint density at radius 3 is 2.05 bits per heavy atom. The molecule has 19 heavy (non-hydrogen) atoms. The van der Waals surface area contributed by atoms with E-state index in [-0.39, 0.29) is 6.10 Å². The van der Waals surface area contributed by atoms with Crippen LogP contribution in [-0.4, -0.2) is 14.5 Å². The van der Waals surface area contributed by atoms with Gasteiger partial charge in [0, 0.05) is 0 Å². The smallest absolute Gasteiger partial charge is 0.263 e. The Morgan fingerprint density at radius 1 is 1.00 bits per heavy atom. The lowest BCUT2D eigenvalue weighted by atomic mass is 9.98. The van der Waals surface area contributed by atoms with Crippen LogP contribution >= 0.6 is 0 Å². The van der Waals surface area contributed by atoms with Gasteiger partial charge in [0.15, 0.2) is 0 Å². The predicted octanol–water partition coefficient (Wildman–Crippen LogP) is 3.65. The molecule has 0 spiro atoms. The van der Waals surface area contributed by atoms with E-state index in [9.17, 15) is 8.42 Å². The molecule has 0 aliphatic heterocycles. The van der Waals surface area contributed by atoms with Gasteiger partial charge in [0.05, 0.1) is 11.0 Å². The summed E-state index contributed by atoms with van der Waals surface area (Å²) in [4.78, 5) is 0.351. The van der Waals surface area contributed by atoms with Crippen LogP contribution in [0.4, 0.5) is 0 Å². The number of aryl methyl sites for hydroxylation is 3. The minimum Gasteiger partial charge on any atom is -0.263 e. The molecule has 0 bridgehead atoms. The molecule has 0 atom stereocenters. The van der Waals surface area contributed by atoms with Crippen molar-refractivity contribution < 1.29 is 12.6 Å². The van der Waals surface area contributed by atoms with Crippen LogP contribution in [0.2, 0.25) is 0 Å². The summed E-state index contributed by atoms with van der Waals surface area (Å²) in [5.74, 6) is 0. The molecule has 0 amide bonds. The quantitative estimate of drug-likeness (QED) is 0.795. The van der Waals surface area contributed by atoms with E-state index in [0.717, 1.165) is 42.4 Å². The van der Waals surface area contributed by atoms with Crippen molar-refractivity contribution in [3.63, 3.8) is 0 Å². The van der Waals surface area contributed by atoms with Crippen molar-refractivity contribution in [3.05, 3.63) is 28.8 Å². The molecule has 106 valence electrons. The molecule has 1 aromatic carbocycles. The fourth-order valence-corrected chi connectivity index (χ4v) is 4.50. The van der Waals surface area contributed by atoms with Crippen molar-refractivity contribution in [2.45, 2.75) is 63.9 Å². The van der Waals surface area contributed by atoms with Crippen LogP contribution in [0, 0.1) is 20.8 Å². The molecule has 1 saturated carbocycles. The first-order valence-corrected chi connectivity index (χ1v) is 8.32. The van der Waals surface area contributed by atoms with Gasteiger partial charge in [-0.2, -0.15) is 8.42 Å². The van der Waals surface area contributed by atoms with Crippen LogP contribution in [0.1, 0.15) is 48.8 Å². The monoisotopic (exact) mass is 282 g/mol. The highest BCUT2D eigenvalue weighted by atomic mass is 32.2. The van der Waals surface area contributed by atoms with Gasteiger partial charge in [-0.25, -0.2) is 0 Å². The van der Waals surface area contributed by atoms with Crippen LogP contribution in [0.5, 0.6) is 0 Å². The summed E-state index contributed by atoms with van der Waals surface area (Å²) in [7, 11) is -3.64. The first kappa shape index (κ1) is 14.5. The Labute approximate surface area is 116 Å². The normalized spacial score (nSPS) is 17.6. The molecule has 0 saturated heterocycles. The SMILES string of the molecule is Cc1cc(C)c(S(=O)(=O)OC2CCCCC2)c(C)c1. The molecule has 1 aliphatic rings. The lowest BCUT2D eigenvalue weighted by Crippen LogP contribution is -2.22. The molecule has 0 unspecified atom stereocenters. The van der Waals surface area contributed by atoms with Crippen molar-refractivity contribution in [1.29, 1.82) is 0 Å². The predicted molar refractivity (Wildman–Crippen MR) is 75.8 cm³/mol. The van der Waals surface area contributed by atoms with Gasteiger partial charge in [-0.3, -0.25) is 4.18 Å². The van der Waals surface area contributed by atoms with Crippen molar-refractivity contribution in [1.82, 2.24) is 0 Å². The van der Waals surface area contributed by atoms with E-state index in [4.69, 9.17) is 4.18 Å². The maximum absolute atomic E-state index is 12.4. The largest absolute Gasteiger partial charge is 0.297 e. The summed E-state index contributed by atoms with van der Waals surface area (Å²) in [6.07, 6.45) is 4.87. The zero-order chi connectivity index (χ0) is 14.0. The van der Waals surface area contributed by atoms with Crippen LogP contribution in [0.25, 0.3) is 0 Å². The van der Waals surface area contributed by atoms with Crippen molar-refractivity contribution in [2.24, 2.45) is 0 Å².